The zero-order chi connectivity index (χ0) is 13.1. The van der Waals surface area contributed by atoms with Crippen molar-refractivity contribution in [3.63, 3.8) is 0 Å². The number of nitrogens with one attached hydrogen (secondary N) is 1. The maximum Gasteiger partial charge on any atom is 0.223 e. The summed E-state index contributed by atoms with van der Waals surface area (Å²) in [5.74, 6) is 0.370. The molecule has 0 saturated carbocycles. The SMILES string of the molecule is Cc1ccnc(NC(C)c2ccc(C)c(F)c2)n1. The topological polar surface area (TPSA) is 37.8 Å². The second-order valence-electron chi connectivity index (χ2n) is 4.40. The van der Waals surface area contributed by atoms with Crippen molar-refractivity contribution < 1.29 is 4.39 Å². The van der Waals surface area contributed by atoms with Crippen molar-refractivity contribution in [1.29, 1.82) is 0 Å². The monoisotopic (exact) mass is 245 g/mol. The smallest absolute Gasteiger partial charge is 0.223 e. The van der Waals surface area contributed by atoms with Crippen LogP contribution in [0.1, 0.15) is 29.8 Å². The molecule has 0 fully saturated rings. The molecule has 18 heavy (non-hydrogen) atoms. The average molecular weight is 245 g/mol. The van der Waals surface area contributed by atoms with Gasteiger partial charge in [0.2, 0.25) is 5.95 Å². The molecule has 0 aliphatic rings. The summed E-state index contributed by atoms with van der Waals surface area (Å²) >= 11 is 0. The molecule has 0 bridgehead atoms. The number of halogens is 1. The fourth-order valence-corrected chi connectivity index (χ4v) is 1.67. The lowest BCUT2D eigenvalue weighted by atomic mass is 10.1. The summed E-state index contributed by atoms with van der Waals surface area (Å²) in [6.07, 6.45) is 1.70. The molecule has 1 heterocycles. The first-order chi connectivity index (χ1) is 8.56. The van der Waals surface area contributed by atoms with E-state index in [0.717, 1.165) is 11.3 Å². The van der Waals surface area contributed by atoms with E-state index in [2.05, 4.69) is 15.3 Å². The Labute approximate surface area is 106 Å². The summed E-state index contributed by atoms with van der Waals surface area (Å²) in [4.78, 5) is 8.39. The number of anilines is 1. The molecule has 0 amide bonds. The molecule has 4 heteroatoms. The second-order valence-corrected chi connectivity index (χ2v) is 4.40. The van der Waals surface area contributed by atoms with E-state index < -0.39 is 0 Å². The van der Waals surface area contributed by atoms with Crippen molar-refractivity contribution >= 4 is 5.95 Å². The van der Waals surface area contributed by atoms with Crippen molar-refractivity contribution in [1.82, 2.24) is 9.97 Å². The summed E-state index contributed by atoms with van der Waals surface area (Å²) in [6.45, 7) is 5.61. The Morgan fingerprint density at radius 2 is 2.00 bits per heavy atom. The Morgan fingerprint density at radius 3 is 2.67 bits per heavy atom. The lowest BCUT2D eigenvalue weighted by Crippen LogP contribution is -2.10. The van der Waals surface area contributed by atoms with Crippen molar-refractivity contribution in [2.45, 2.75) is 26.8 Å². The van der Waals surface area contributed by atoms with Crippen LogP contribution in [0.3, 0.4) is 0 Å². The zero-order valence-electron chi connectivity index (χ0n) is 10.7. The minimum atomic E-state index is -0.189. The fourth-order valence-electron chi connectivity index (χ4n) is 1.67. The van der Waals surface area contributed by atoms with Gasteiger partial charge in [0.15, 0.2) is 0 Å². The molecule has 2 aromatic rings. The van der Waals surface area contributed by atoms with Crippen LogP contribution in [-0.2, 0) is 0 Å². The average Bonchev–Trinajstić information content (AvgIpc) is 2.32. The van der Waals surface area contributed by atoms with Crippen LogP contribution in [0.25, 0.3) is 0 Å². The zero-order valence-corrected chi connectivity index (χ0v) is 10.7. The Hall–Kier alpha value is -1.97. The molecule has 1 atom stereocenters. The lowest BCUT2D eigenvalue weighted by Gasteiger charge is -2.14. The van der Waals surface area contributed by atoms with Gasteiger partial charge in [0.25, 0.3) is 0 Å². The van der Waals surface area contributed by atoms with E-state index in [-0.39, 0.29) is 11.9 Å². The van der Waals surface area contributed by atoms with Gasteiger partial charge in [-0.1, -0.05) is 12.1 Å². The Balaban J connectivity index is 2.16. The van der Waals surface area contributed by atoms with Crippen LogP contribution in [0, 0.1) is 19.7 Å². The quantitative estimate of drug-likeness (QED) is 0.900. The number of rotatable bonds is 3. The highest BCUT2D eigenvalue weighted by Gasteiger charge is 2.08. The van der Waals surface area contributed by atoms with E-state index in [4.69, 9.17) is 0 Å². The molecule has 94 valence electrons. The number of aryl methyl sites for hydroxylation is 2. The second kappa shape index (κ2) is 5.12. The van der Waals surface area contributed by atoms with E-state index in [0.29, 0.717) is 11.5 Å². The molecule has 1 aromatic carbocycles. The number of aromatic nitrogens is 2. The molecule has 1 unspecified atom stereocenters. The van der Waals surface area contributed by atoms with Gasteiger partial charge in [0.1, 0.15) is 5.82 Å². The van der Waals surface area contributed by atoms with E-state index in [9.17, 15) is 4.39 Å². The largest absolute Gasteiger partial charge is 0.348 e. The first-order valence-electron chi connectivity index (χ1n) is 5.88. The standard InChI is InChI=1S/C14H16FN3/c1-9-4-5-12(8-13(9)15)11(3)18-14-16-7-6-10(2)17-14/h4-8,11H,1-3H3,(H,16,17,18). The van der Waals surface area contributed by atoms with Crippen molar-refractivity contribution in [2.24, 2.45) is 0 Å². The molecule has 0 saturated heterocycles. The van der Waals surface area contributed by atoms with Gasteiger partial charge in [0, 0.05) is 11.9 Å². The van der Waals surface area contributed by atoms with Crippen molar-refractivity contribution in [3.05, 3.63) is 53.1 Å². The Bertz CT molecular complexity index is 554. The summed E-state index contributed by atoms with van der Waals surface area (Å²) in [5.41, 5.74) is 2.43. The summed E-state index contributed by atoms with van der Waals surface area (Å²) in [7, 11) is 0. The molecule has 3 nitrogen and oxygen atoms in total. The normalized spacial score (nSPS) is 12.2. The highest BCUT2D eigenvalue weighted by molar-refractivity contribution is 5.33. The molecular weight excluding hydrogens is 229 g/mol. The molecule has 0 aliphatic heterocycles. The molecule has 0 aliphatic carbocycles. The maximum atomic E-state index is 13.5. The minimum Gasteiger partial charge on any atom is -0.348 e. The Kier molecular flexibility index (Phi) is 3.55. The molecule has 2 rings (SSSR count). The van der Waals surface area contributed by atoms with Crippen LogP contribution < -0.4 is 5.32 Å². The van der Waals surface area contributed by atoms with Crippen LogP contribution in [0.5, 0.6) is 0 Å². The highest BCUT2D eigenvalue weighted by atomic mass is 19.1. The number of benzene rings is 1. The number of hydrogen-bond acceptors (Lipinski definition) is 3. The molecule has 0 spiro atoms. The molecule has 1 N–H and O–H groups in total. The van der Waals surface area contributed by atoms with E-state index in [1.165, 1.54) is 0 Å². The van der Waals surface area contributed by atoms with E-state index in [1.54, 1.807) is 25.3 Å². The third-order valence-corrected chi connectivity index (χ3v) is 2.84. The summed E-state index contributed by atoms with van der Waals surface area (Å²) in [5, 5.41) is 3.16. The van der Waals surface area contributed by atoms with Crippen LogP contribution in [0.4, 0.5) is 10.3 Å². The molecular formula is C14H16FN3. The van der Waals surface area contributed by atoms with Crippen LogP contribution in [-0.4, -0.2) is 9.97 Å². The number of nitrogens with zero attached hydrogens (tertiary/aromatic N) is 2. The van der Waals surface area contributed by atoms with Crippen LogP contribution in [0.2, 0.25) is 0 Å². The Morgan fingerprint density at radius 1 is 1.22 bits per heavy atom. The van der Waals surface area contributed by atoms with Gasteiger partial charge in [-0.3, -0.25) is 0 Å². The van der Waals surface area contributed by atoms with Gasteiger partial charge in [-0.25, -0.2) is 14.4 Å². The van der Waals surface area contributed by atoms with Gasteiger partial charge in [0.05, 0.1) is 6.04 Å². The first kappa shape index (κ1) is 12.5. The third kappa shape index (κ3) is 2.83. The molecule has 1 aromatic heterocycles. The van der Waals surface area contributed by atoms with Crippen LogP contribution in [0.15, 0.2) is 30.5 Å². The predicted molar refractivity (Wildman–Crippen MR) is 69.9 cm³/mol. The first-order valence-corrected chi connectivity index (χ1v) is 5.88. The predicted octanol–water partition coefficient (Wildman–Crippen LogP) is 3.41. The van der Waals surface area contributed by atoms with Crippen LogP contribution >= 0.6 is 0 Å². The third-order valence-electron chi connectivity index (χ3n) is 2.84. The maximum absolute atomic E-state index is 13.5. The highest BCUT2D eigenvalue weighted by Crippen LogP contribution is 2.19. The van der Waals surface area contributed by atoms with Gasteiger partial charge < -0.3 is 5.32 Å². The van der Waals surface area contributed by atoms with E-state index in [1.807, 2.05) is 26.0 Å². The minimum absolute atomic E-state index is 0.0399. The summed E-state index contributed by atoms with van der Waals surface area (Å²) in [6, 6.07) is 7.03. The summed E-state index contributed by atoms with van der Waals surface area (Å²) < 4.78 is 13.5. The molecule has 0 radical (unpaired) electrons. The van der Waals surface area contributed by atoms with E-state index >= 15 is 0 Å². The van der Waals surface area contributed by atoms with Gasteiger partial charge in [-0.05, 0) is 44.0 Å². The van der Waals surface area contributed by atoms with Crippen molar-refractivity contribution in [3.8, 4) is 0 Å². The van der Waals surface area contributed by atoms with Gasteiger partial charge in [-0.2, -0.15) is 0 Å². The van der Waals surface area contributed by atoms with Gasteiger partial charge >= 0.3 is 0 Å². The number of hydrogen-bond donors (Lipinski definition) is 1. The van der Waals surface area contributed by atoms with Crippen molar-refractivity contribution in [2.75, 3.05) is 5.32 Å². The fraction of sp³-hybridized carbons (Fsp3) is 0.286. The lowest BCUT2D eigenvalue weighted by molar-refractivity contribution is 0.614. The van der Waals surface area contributed by atoms with Gasteiger partial charge in [-0.15, -0.1) is 0 Å².